The van der Waals surface area contributed by atoms with Gasteiger partial charge in [-0.3, -0.25) is 9.52 Å². The second-order valence-corrected chi connectivity index (χ2v) is 7.39. The molecule has 6 nitrogen and oxygen atoms in total. The molecule has 0 amide bonds. The van der Waals surface area contributed by atoms with Crippen LogP contribution in [0.3, 0.4) is 0 Å². The number of rotatable bonds is 6. The number of hydrogen-bond acceptors (Lipinski definition) is 4. The van der Waals surface area contributed by atoms with E-state index in [-0.39, 0.29) is 17.3 Å². The summed E-state index contributed by atoms with van der Waals surface area (Å²) in [4.78, 5) is 14.4. The lowest BCUT2D eigenvalue weighted by molar-refractivity contribution is -0.140. The Morgan fingerprint density at radius 3 is 2.62 bits per heavy atom. The Balaban J connectivity index is 1.86. The molecule has 3 aromatic rings. The number of hydrogen-bond donors (Lipinski definition) is 2. The predicted molar refractivity (Wildman–Crippen MR) is 95.8 cm³/mol. The van der Waals surface area contributed by atoms with Crippen LogP contribution in [0.25, 0.3) is 10.9 Å². The Bertz CT molecular complexity index is 1040. The van der Waals surface area contributed by atoms with Crippen molar-refractivity contribution in [1.82, 2.24) is 4.98 Å². The standard InChI is InChI=1S/C18H17FN2O4S/c1-25-18(22)9-2-12-11-20-17-8-5-14(10-16(12)17)21-26(23,24)15-6-3-13(19)4-7-15/h3-8,10-11,20-21H,2,9H2,1H3. The van der Waals surface area contributed by atoms with Crippen LogP contribution in [0.1, 0.15) is 12.0 Å². The number of aryl methyl sites for hydroxylation is 1. The van der Waals surface area contributed by atoms with E-state index in [1.165, 1.54) is 19.2 Å². The number of anilines is 1. The minimum atomic E-state index is -3.83. The topological polar surface area (TPSA) is 88.3 Å². The van der Waals surface area contributed by atoms with Crippen molar-refractivity contribution in [3.63, 3.8) is 0 Å². The quantitative estimate of drug-likeness (QED) is 0.647. The molecule has 2 N–H and O–H groups in total. The fourth-order valence-corrected chi connectivity index (χ4v) is 3.66. The maximum Gasteiger partial charge on any atom is 0.305 e. The van der Waals surface area contributed by atoms with Crippen molar-refractivity contribution in [2.45, 2.75) is 17.7 Å². The third-order valence-corrected chi connectivity index (χ3v) is 5.37. The van der Waals surface area contributed by atoms with Crippen molar-refractivity contribution in [3.8, 4) is 0 Å². The van der Waals surface area contributed by atoms with Crippen LogP contribution in [0.15, 0.2) is 53.6 Å². The zero-order valence-electron chi connectivity index (χ0n) is 14.0. The second-order valence-electron chi connectivity index (χ2n) is 5.71. The first-order valence-corrected chi connectivity index (χ1v) is 9.32. The molecule has 0 fully saturated rings. The fourth-order valence-electron chi connectivity index (χ4n) is 2.62. The predicted octanol–water partition coefficient (Wildman–Crippen LogP) is 3.21. The largest absolute Gasteiger partial charge is 0.469 e. The van der Waals surface area contributed by atoms with E-state index in [9.17, 15) is 17.6 Å². The first kappa shape index (κ1) is 17.9. The maximum absolute atomic E-state index is 13.0. The third-order valence-electron chi connectivity index (χ3n) is 3.97. The highest BCUT2D eigenvalue weighted by molar-refractivity contribution is 7.92. The van der Waals surface area contributed by atoms with Gasteiger partial charge in [0.15, 0.2) is 0 Å². The van der Waals surface area contributed by atoms with Gasteiger partial charge in [0, 0.05) is 29.2 Å². The van der Waals surface area contributed by atoms with Gasteiger partial charge in [-0.15, -0.1) is 0 Å². The molecule has 0 unspecified atom stereocenters. The van der Waals surface area contributed by atoms with Gasteiger partial charge >= 0.3 is 5.97 Å². The Hall–Kier alpha value is -2.87. The van der Waals surface area contributed by atoms with E-state index in [1.807, 2.05) is 0 Å². The molecule has 0 saturated carbocycles. The van der Waals surface area contributed by atoms with Gasteiger partial charge in [0.1, 0.15) is 5.82 Å². The Morgan fingerprint density at radius 2 is 1.92 bits per heavy atom. The molecule has 26 heavy (non-hydrogen) atoms. The van der Waals surface area contributed by atoms with Crippen molar-refractivity contribution in [3.05, 3.63) is 60.0 Å². The minimum Gasteiger partial charge on any atom is -0.469 e. The highest BCUT2D eigenvalue weighted by atomic mass is 32.2. The molecule has 0 aliphatic carbocycles. The minimum absolute atomic E-state index is 0.0287. The van der Waals surface area contributed by atoms with Crippen LogP contribution < -0.4 is 4.72 Å². The van der Waals surface area contributed by atoms with E-state index >= 15 is 0 Å². The molecule has 0 aliphatic rings. The molecule has 0 atom stereocenters. The summed E-state index contributed by atoms with van der Waals surface area (Å²) in [5.74, 6) is -0.819. The van der Waals surface area contributed by atoms with Crippen molar-refractivity contribution in [1.29, 1.82) is 0 Å². The summed E-state index contributed by atoms with van der Waals surface area (Å²) in [6, 6.07) is 9.66. The lowest BCUT2D eigenvalue weighted by Gasteiger charge is -2.09. The first-order valence-electron chi connectivity index (χ1n) is 7.84. The van der Waals surface area contributed by atoms with Crippen LogP contribution in [0.5, 0.6) is 0 Å². The van der Waals surface area contributed by atoms with E-state index in [1.54, 1.807) is 24.4 Å². The van der Waals surface area contributed by atoms with E-state index in [0.29, 0.717) is 12.1 Å². The number of carbonyl (C=O) groups excluding carboxylic acids is 1. The molecule has 1 aromatic heterocycles. The molecule has 2 aromatic carbocycles. The van der Waals surface area contributed by atoms with E-state index < -0.39 is 15.8 Å². The molecule has 0 aliphatic heterocycles. The van der Waals surface area contributed by atoms with Gasteiger partial charge < -0.3 is 9.72 Å². The van der Waals surface area contributed by atoms with Crippen molar-refractivity contribution in [2.24, 2.45) is 0 Å². The normalized spacial score (nSPS) is 11.5. The number of ether oxygens (including phenoxy) is 1. The van der Waals surface area contributed by atoms with Crippen molar-refractivity contribution in [2.75, 3.05) is 11.8 Å². The lowest BCUT2D eigenvalue weighted by atomic mass is 10.1. The number of halogens is 1. The lowest BCUT2D eigenvalue weighted by Crippen LogP contribution is -2.12. The highest BCUT2D eigenvalue weighted by Gasteiger charge is 2.15. The van der Waals surface area contributed by atoms with Gasteiger partial charge in [0.2, 0.25) is 0 Å². The van der Waals surface area contributed by atoms with Gasteiger partial charge in [-0.2, -0.15) is 0 Å². The highest BCUT2D eigenvalue weighted by Crippen LogP contribution is 2.25. The van der Waals surface area contributed by atoms with Gasteiger partial charge in [0.25, 0.3) is 10.0 Å². The van der Waals surface area contributed by atoms with E-state index in [2.05, 4.69) is 14.4 Å². The third kappa shape index (κ3) is 3.85. The number of benzene rings is 2. The average molecular weight is 376 g/mol. The molecule has 136 valence electrons. The van der Waals surface area contributed by atoms with Gasteiger partial charge in [0.05, 0.1) is 12.0 Å². The number of methoxy groups -OCH3 is 1. The zero-order valence-corrected chi connectivity index (χ0v) is 14.8. The fraction of sp³-hybridized carbons (Fsp3) is 0.167. The molecule has 0 bridgehead atoms. The summed E-state index contributed by atoms with van der Waals surface area (Å²) in [7, 11) is -2.49. The molecule has 0 spiro atoms. The average Bonchev–Trinajstić information content (AvgIpc) is 3.02. The number of aromatic amines is 1. The van der Waals surface area contributed by atoms with E-state index in [0.717, 1.165) is 28.6 Å². The van der Waals surface area contributed by atoms with Crippen LogP contribution in [0.4, 0.5) is 10.1 Å². The summed E-state index contributed by atoms with van der Waals surface area (Å²) in [5.41, 5.74) is 2.09. The molecule has 1 heterocycles. The van der Waals surface area contributed by atoms with Gasteiger partial charge in [-0.1, -0.05) is 0 Å². The Morgan fingerprint density at radius 1 is 1.19 bits per heavy atom. The van der Waals surface area contributed by atoms with Gasteiger partial charge in [-0.25, -0.2) is 12.8 Å². The number of H-pyrrole nitrogens is 1. The summed E-state index contributed by atoms with van der Waals surface area (Å²) in [6.07, 6.45) is 2.49. The van der Waals surface area contributed by atoms with Crippen LogP contribution >= 0.6 is 0 Å². The van der Waals surface area contributed by atoms with Crippen molar-refractivity contribution >= 4 is 32.6 Å². The molecular weight excluding hydrogens is 359 g/mol. The van der Waals surface area contributed by atoms with Crippen LogP contribution in [-0.2, 0) is 26.0 Å². The van der Waals surface area contributed by atoms with Crippen molar-refractivity contribution < 1.29 is 22.3 Å². The van der Waals surface area contributed by atoms with Gasteiger partial charge in [-0.05, 0) is 54.4 Å². The first-order chi connectivity index (χ1) is 12.4. The molecule has 0 saturated heterocycles. The molecule has 3 rings (SSSR count). The summed E-state index contributed by atoms with van der Waals surface area (Å²) in [6.45, 7) is 0. The number of nitrogens with one attached hydrogen (secondary N) is 2. The zero-order chi connectivity index (χ0) is 18.7. The number of sulfonamides is 1. The SMILES string of the molecule is COC(=O)CCc1c[nH]c2ccc(NS(=O)(=O)c3ccc(F)cc3)cc12. The second kappa shape index (κ2) is 7.17. The van der Waals surface area contributed by atoms with Crippen LogP contribution in [0, 0.1) is 5.82 Å². The van der Waals surface area contributed by atoms with Crippen LogP contribution in [-0.4, -0.2) is 26.5 Å². The number of fused-ring (bicyclic) bond motifs is 1. The smallest absolute Gasteiger partial charge is 0.305 e. The summed E-state index contributed by atoms with van der Waals surface area (Å²) < 4.78 is 45.0. The molecule has 0 radical (unpaired) electrons. The summed E-state index contributed by atoms with van der Waals surface area (Å²) in [5, 5.41) is 0.813. The molecule has 8 heteroatoms. The Kier molecular flexibility index (Phi) is 4.94. The monoisotopic (exact) mass is 376 g/mol. The van der Waals surface area contributed by atoms with Crippen LogP contribution in [0.2, 0.25) is 0 Å². The number of aromatic nitrogens is 1. The summed E-state index contributed by atoms with van der Waals surface area (Å²) >= 11 is 0. The number of esters is 1. The number of carbonyl (C=O) groups is 1. The van der Waals surface area contributed by atoms with E-state index in [4.69, 9.17) is 0 Å². The Labute approximate surface area is 150 Å². The maximum atomic E-state index is 13.0. The molecular formula is C18H17FN2O4S.